The molecule has 16 heavy (non-hydrogen) atoms. The molecule has 2 aromatic heterocycles. The summed E-state index contributed by atoms with van der Waals surface area (Å²) in [5.74, 6) is 0.739. The van der Waals surface area contributed by atoms with Crippen LogP contribution in [-0.4, -0.2) is 12.9 Å². The highest BCUT2D eigenvalue weighted by molar-refractivity contribution is 7.17. The van der Waals surface area contributed by atoms with Crippen molar-refractivity contribution in [3.63, 3.8) is 0 Å². The number of hydrogen-bond donors (Lipinski definition) is 0. The van der Waals surface area contributed by atoms with Crippen LogP contribution in [0, 0.1) is 13.8 Å². The zero-order valence-corrected chi connectivity index (χ0v) is 11.0. The Morgan fingerprint density at radius 2 is 2.06 bits per heavy atom. The van der Waals surface area contributed by atoms with Gasteiger partial charge in [0.2, 0.25) is 5.78 Å². The zero-order valence-electron chi connectivity index (χ0n) is 9.37. The fourth-order valence-electron chi connectivity index (χ4n) is 1.59. The van der Waals surface area contributed by atoms with Crippen molar-refractivity contribution in [2.24, 2.45) is 0 Å². The van der Waals surface area contributed by atoms with Crippen molar-refractivity contribution in [1.82, 2.24) is 0 Å². The van der Waals surface area contributed by atoms with Crippen molar-refractivity contribution in [3.05, 3.63) is 37.7 Å². The maximum Gasteiger partial charge on any atom is 0.216 e. The number of ether oxygens (including phenoxy) is 1. The summed E-state index contributed by atoms with van der Waals surface area (Å²) in [6.45, 7) is 3.98. The predicted octanol–water partition coefficient (Wildman–Crippen LogP) is 3.67. The van der Waals surface area contributed by atoms with Crippen LogP contribution in [0.25, 0.3) is 0 Å². The molecule has 2 rings (SSSR count). The van der Waals surface area contributed by atoms with Crippen LogP contribution < -0.4 is 4.74 Å². The topological polar surface area (TPSA) is 26.3 Å². The van der Waals surface area contributed by atoms with Crippen LogP contribution in [0.15, 0.2) is 17.5 Å². The molecule has 0 bridgehead atoms. The van der Waals surface area contributed by atoms with Gasteiger partial charge in [0.15, 0.2) is 0 Å². The van der Waals surface area contributed by atoms with Crippen LogP contribution in [0.1, 0.15) is 25.0 Å². The lowest BCUT2D eigenvalue weighted by molar-refractivity contribution is 0.104. The lowest BCUT2D eigenvalue weighted by Gasteiger charge is -2.00. The van der Waals surface area contributed by atoms with Crippen molar-refractivity contribution in [2.75, 3.05) is 7.11 Å². The number of aryl methyl sites for hydroxylation is 2. The van der Waals surface area contributed by atoms with Gasteiger partial charge in [-0.05, 0) is 36.9 Å². The molecule has 0 N–H and O–H groups in total. The van der Waals surface area contributed by atoms with Crippen molar-refractivity contribution < 1.29 is 9.53 Å². The third-order valence-corrected chi connectivity index (χ3v) is 4.35. The van der Waals surface area contributed by atoms with Crippen molar-refractivity contribution in [1.29, 1.82) is 0 Å². The smallest absolute Gasteiger partial charge is 0.216 e. The fraction of sp³-hybridized carbons (Fsp3) is 0.250. The number of carbonyl (C=O) groups excluding carboxylic acids is 1. The van der Waals surface area contributed by atoms with Crippen LogP contribution >= 0.6 is 22.7 Å². The summed E-state index contributed by atoms with van der Waals surface area (Å²) in [5.41, 5.74) is 1.04. The number of carbonyl (C=O) groups is 1. The minimum absolute atomic E-state index is 0.0717. The van der Waals surface area contributed by atoms with E-state index in [2.05, 4.69) is 0 Å². The number of rotatable bonds is 3. The summed E-state index contributed by atoms with van der Waals surface area (Å²) >= 11 is 2.97. The molecule has 0 amide bonds. The van der Waals surface area contributed by atoms with E-state index in [4.69, 9.17) is 4.74 Å². The van der Waals surface area contributed by atoms with Gasteiger partial charge in [0.05, 0.1) is 12.0 Å². The highest BCUT2D eigenvalue weighted by Gasteiger charge is 2.19. The van der Waals surface area contributed by atoms with Crippen molar-refractivity contribution >= 4 is 28.5 Å². The van der Waals surface area contributed by atoms with Gasteiger partial charge in [0.25, 0.3) is 0 Å². The molecule has 0 spiro atoms. The first-order chi connectivity index (χ1) is 7.63. The molecular weight excluding hydrogens is 240 g/mol. The van der Waals surface area contributed by atoms with Gasteiger partial charge in [0.1, 0.15) is 10.6 Å². The number of methoxy groups -OCH3 is 1. The molecule has 2 aromatic rings. The van der Waals surface area contributed by atoms with Gasteiger partial charge in [-0.25, -0.2) is 0 Å². The van der Waals surface area contributed by atoms with E-state index >= 15 is 0 Å². The maximum absolute atomic E-state index is 12.3. The molecule has 2 nitrogen and oxygen atoms in total. The molecule has 4 heteroatoms. The Labute approximate surface area is 103 Å². The van der Waals surface area contributed by atoms with E-state index in [0.29, 0.717) is 10.6 Å². The molecule has 2 heterocycles. The van der Waals surface area contributed by atoms with Crippen LogP contribution in [0.3, 0.4) is 0 Å². The second kappa shape index (κ2) is 4.39. The summed E-state index contributed by atoms with van der Waals surface area (Å²) < 4.78 is 5.17. The van der Waals surface area contributed by atoms with E-state index in [1.807, 2.05) is 31.4 Å². The van der Waals surface area contributed by atoms with Crippen LogP contribution in [-0.2, 0) is 0 Å². The Morgan fingerprint density at radius 1 is 1.31 bits per heavy atom. The van der Waals surface area contributed by atoms with Crippen LogP contribution in [0.4, 0.5) is 0 Å². The molecule has 0 aromatic carbocycles. The Kier molecular flexibility index (Phi) is 3.12. The minimum Gasteiger partial charge on any atom is -0.495 e. The summed E-state index contributed by atoms with van der Waals surface area (Å²) in [5, 5.41) is 1.88. The van der Waals surface area contributed by atoms with E-state index in [1.165, 1.54) is 11.3 Å². The molecular formula is C12H12O2S2. The monoisotopic (exact) mass is 252 g/mol. The summed E-state index contributed by atoms with van der Waals surface area (Å²) in [6, 6.07) is 3.87. The standard InChI is InChI=1S/C12H12O2S2/c1-7-6-8(2)16-11(7)10(13)12-9(14-3)4-5-15-12/h4-6H,1-3H3. The fourth-order valence-corrected chi connectivity index (χ4v) is 3.44. The van der Waals surface area contributed by atoms with Gasteiger partial charge in [-0.2, -0.15) is 0 Å². The summed E-state index contributed by atoms with van der Waals surface area (Å²) in [4.78, 5) is 14.9. The van der Waals surface area contributed by atoms with Gasteiger partial charge in [-0.15, -0.1) is 22.7 Å². The van der Waals surface area contributed by atoms with Crippen LogP contribution in [0.5, 0.6) is 5.75 Å². The van der Waals surface area contributed by atoms with Gasteiger partial charge < -0.3 is 4.74 Å². The lowest BCUT2D eigenvalue weighted by Crippen LogP contribution is -1.99. The zero-order chi connectivity index (χ0) is 11.7. The molecule has 0 aliphatic carbocycles. The molecule has 0 fully saturated rings. The largest absolute Gasteiger partial charge is 0.495 e. The second-order valence-electron chi connectivity index (χ2n) is 3.52. The minimum atomic E-state index is 0.0717. The highest BCUT2D eigenvalue weighted by Crippen LogP contribution is 2.31. The number of ketones is 1. The number of thiophene rings is 2. The Morgan fingerprint density at radius 3 is 2.62 bits per heavy atom. The molecule has 0 aliphatic heterocycles. The summed E-state index contributed by atoms with van der Waals surface area (Å²) in [7, 11) is 1.59. The molecule has 0 saturated heterocycles. The Balaban J connectivity index is 2.43. The lowest BCUT2D eigenvalue weighted by atomic mass is 10.2. The predicted molar refractivity (Wildman–Crippen MR) is 68.1 cm³/mol. The Hall–Kier alpha value is -1.13. The average molecular weight is 252 g/mol. The van der Waals surface area contributed by atoms with E-state index in [1.54, 1.807) is 18.4 Å². The average Bonchev–Trinajstić information content (AvgIpc) is 2.83. The SMILES string of the molecule is COc1ccsc1C(=O)c1sc(C)cc1C. The van der Waals surface area contributed by atoms with E-state index in [0.717, 1.165) is 15.3 Å². The van der Waals surface area contributed by atoms with E-state index < -0.39 is 0 Å². The molecule has 0 unspecified atom stereocenters. The summed E-state index contributed by atoms with van der Waals surface area (Å²) in [6.07, 6.45) is 0. The molecule has 0 aliphatic rings. The maximum atomic E-state index is 12.3. The quantitative estimate of drug-likeness (QED) is 0.779. The number of hydrogen-bond acceptors (Lipinski definition) is 4. The molecule has 0 saturated carbocycles. The molecule has 84 valence electrons. The molecule has 0 radical (unpaired) electrons. The first kappa shape index (κ1) is 11.4. The molecule has 0 atom stereocenters. The van der Waals surface area contributed by atoms with E-state index in [9.17, 15) is 4.79 Å². The third kappa shape index (κ3) is 1.90. The van der Waals surface area contributed by atoms with Gasteiger partial charge in [-0.1, -0.05) is 0 Å². The van der Waals surface area contributed by atoms with E-state index in [-0.39, 0.29) is 5.78 Å². The van der Waals surface area contributed by atoms with Crippen molar-refractivity contribution in [3.8, 4) is 5.75 Å². The van der Waals surface area contributed by atoms with Crippen molar-refractivity contribution in [2.45, 2.75) is 13.8 Å². The van der Waals surface area contributed by atoms with Gasteiger partial charge in [-0.3, -0.25) is 4.79 Å². The first-order valence-corrected chi connectivity index (χ1v) is 6.56. The van der Waals surface area contributed by atoms with Gasteiger partial charge >= 0.3 is 0 Å². The third-order valence-electron chi connectivity index (χ3n) is 2.30. The first-order valence-electron chi connectivity index (χ1n) is 4.86. The Bertz CT molecular complexity index is 523. The normalized spacial score (nSPS) is 10.4. The van der Waals surface area contributed by atoms with Crippen LogP contribution in [0.2, 0.25) is 0 Å². The van der Waals surface area contributed by atoms with Gasteiger partial charge in [0, 0.05) is 4.88 Å². The highest BCUT2D eigenvalue weighted by atomic mass is 32.1. The second-order valence-corrected chi connectivity index (χ2v) is 5.69.